The van der Waals surface area contributed by atoms with Crippen LogP contribution in [0.4, 0.5) is 0 Å². The van der Waals surface area contributed by atoms with Gasteiger partial charge in [-0.05, 0) is 31.5 Å². The minimum absolute atomic E-state index is 0.0219. The van der Waals surface area contributed by atoms with Gasteiger partial charge in [0.15, 0.2) is 0 Å². The van der Waals surface area contributed by atoms with Gasteiger partial charge in [-0.2, -0.15) is 0 Å². The van der Waals surface area contributed by atoms with E-state index in [2.05, 4.69) is 5.32 Å². The van der Waals surface area contributed by atoms with Crippen LogP contribution in [0.15, 0.2) is 48.2 Å². The van der Waals surface area contributed by atoms with E-state index in [4.69, 9.17) is 20.6 Å². The van der Waals surface area contributed by atoms with Gasteiger partial charge in [-0.25, -0.2) is 0 Å². The van der Waals surface area contributed by atoms with Crippen LogP contribution in [0.3, 0.4) is 0 Å². The molecule has 1 heterocycles. The highest BCUT2D eigenvalue weighted by Crippen LogP contribution is 2.24. The smallest absolute Gasteiger partial charge is 0.314 e. The van der Waals surface area contributed by atoms with Gasteiger partial charge in [-0.15, -0.1) is 0 Å². The maximum Gasteiger partial charge on any atom is 0.314 e. The van der Waals surface area contributed by atoms with Gasteiger partial charge in [0.25, 0.3) is 0 Å². The van der Waals surface area contributed by atoms with Crippen molar-refractivity contribution < 1.29 is 14.3 Å². The molecule has 1 aliphatic heterocycles. The SMILES string of the molecule is COC(=O)C(C)(C)COc1ccc(C2C=CC(C(=N)N)=CN2)cc1. The molecule has 1 aromatic rings. The first-order valence-electron chi connectivity index (χ1n) is 7.63. The molecule has 0 aromatic heterocycles. The molecule has 1 aromatic carbocycles. The van der Waals surface area contributed by atoms with Crippen molar-refractivity contribution in [3.63, 3.8) is 0 Å². The molecule has 0 saturated carbocycles. The third kappa shape index (κ3) is 4.16. The number of nitrogens with two attached hydrogens (primary N) is 1. The Hall–Kier alpha value is -2.76. The molecule has 24 heavy (non-hydrogen) atoms. The second kappa shape index (κ2) is 7.21. The Kier molecular flexibility index (Phi) is 5.28. The molecule has 1 aliphatic rings. The Morgan fingerprint density at radius 3 is 2.50 bits per heavy atom. The fourth-order valence-corrected chi connectivity index (χ4v) is 2.23. The lowest BCUT2D eigenvalue weighted by molar-refractivity contribution is -0.152. The average Bonchev–Trinajstić information content (AvgIpc) is 2.59. The number of nitrogens with one attached hydrogen (secondary N) is 2. The van der Waals surface area contributed by atoms with E-state index in [1.807, 2.05) is 36.4 Å². The zero-order valence-corrected chi connectivity index (χ0v) is 14.1. The Balaban J connectivity index is 1.96. The number of carbonyl (C=O) groups is 1. The molecular formula is C18H23N3O3. The van der Waals surface area contributed by atoms with E-state index in [-0.39, 0.29) is 24.5 Å². The monoisotopic (exact) mass is 329 g/mol. The summed E-state index contributed by atoms with van der Waals surface area (Å²) < 4.78 is 10.5. The zero-order chi connectivity index (χ0) is 17.7. The van der Waals surface area contributed by atoms with E-state index in [0.717, 1.165) is 5.56 Å². The molecule has 2 rings (SSSR count). The molecule has 6 heteroatoms. The summed E-state index contributed by atoms with van der Waals surface area (Å²) in [5, 5.41) is 10.6. The van der Waals surface area contributed by atoms with Crippen molar-refractivity contribution in [2.45, 2.75) is 19.9 Å². The number of amidine groups is 1. The van der Waals surface area contributed by atoms with E-state index >= 15 is 0 Å². The lowest BCUT2D eigenvalue weighted by atomic mass is 9.95. The summed E-state index contributed by atoms with van der Waals surface area (Å²) in [5.41, 5.74) is 6.47. The molecule has 0 saturated heterocycles. The number of methoxy groups -OCH3 is 1. The minimum atomic E-state index is -0.699. The molecule has 4 N–H and O–H groups in total. The summed E-state index contributed by atoms with van der Waals surface area (Å²) in [6, 6.07) is 7.66. The third-order valence-electron chi connectivity index (χ3n) is 3.77. The minimum Gasteiger partial charge on any atom is -0.492 e. The van der Waals surface area contributed by atoms with Crippen molar-refractivity contribution in [3.8, 4) is 5.75 Å². The number of esters is 1. The summed E-state index contributed by atoms with van der Waals surface area (Å²) in [7, 11) is 1.37. The van der Waals surface area contributed by atoms with Crippen LogP contribution in [0.1, 0.15) is 25.5 Å². The summed E-state index contributed by atoms with van der Waals surface area (Å²) >= 11 is 0. The lowest BCUT2D eigenvalue weighted by Crippen LogP contribution is -2.32. The van der Waals surface area contributed by atoms with Gasteiger partial charge < -0.3 is 20.5 Å². The maximum absolute atomic E-state index is 11.6. The predicted octanol–water partition coefficient (Wildman–Crippen LogP) is 2.28. The molecule has 0 fully saturated rings. The lowest BCUT2D eigenvalue weighted by Gasteiger charge is -2.22. The first-order chi connectivity index (χ1) is 11.3. The van der Waals surface area contributed by atoms with Gasteiger partial charge in [0.1, 0.15) is 18.2 Å². The molecule has 1 atom stereocenters. The van der Waals surface area contributed by atoms with Gasteiger partial charge >= 0.3 is 5.97 Å². The Labute approximate surface area is 141 Å². The number of rotatable bonds is 6. The van der Waals surface area contributed by atoms with Crippen molar-refractivity contribution in [1.29, 1.82) is 5.41 Å². The Morgan fingerprint density at radius 2 is 2.00 bits per heavy atom. The van der Waals surface area contributed by atoms with Crippen LogP contribution < -0.4 is 15.8 Å². The molecule has 0 bridgehead atoms. The van der Waals surface area contributed by atoms with Crippen LogP contribution in [0.2, 0.25) is 0 Å². The van der Waals surface area contributed by atoms with E-state index < -0.39 is 5.41 Å². The van der Waals surface area contributed by atoms with Gasteiger partial charge in [-0.1, -0.05) is 24.3 Å². The summed E-state index contributed by atoms with van der Waals surface area (Å²) in [6.07, 6.45) is 5.51. The van der Waals surface area contributed by atoms with Crippen LogP contribution >= 0.6 is 0 Å². The molecule has 0 aliphatic carbocycles. The fraction of sp³-hybridized carbons (Fsp3) is 0.333. The van der Waals surface area contributed by atoms with Gasteiger partial charge in [-0.3, -0.25) is 10.2 Å². The number of dihydropyridines is 1. The van der Waals surface area contributed by atoms with Crippen molar-refractivity contribution in [2.75, 3.05) is 13.7 Å². The molecule has 128 valence electrons. The van der Waals surface area contributed by atoms with Crippen LogP contribution in [-0.4, -0.2) is 25.5 Å². The van der Waals surface area contributed by atoms with E-state index in [9.17, 15) is 4.79 Å². The van der Waals surface area contributed by atoms with Crippen LogP contribution in [0, 0.1) is 10.8 Å². The van der Waals surface area contributed by atoms with Gasteiger partial charge in [0, 0.05) is 11.8 Å². The molecular weight excluding hydrogens is 306 g/mol. The number of carbonyl (C=O) groups excluding carboxylic acids is 1. The number of hydrogen-bond acceptors (Lipinski definition) is 5. The van der Waals surface area contributed by atoms with Gasteiger partial charge in [0.05, 0.1) is 18.6 Å². The molecule has 6 nitrogen and oxygen atoms in total. The van der Waals surface area contributed by atoms with Crippen molar-refractivity contribution in [1.82, 2.24) is 5.32 Å². The topological polar surface area (TPSA) is 97.4 Å². The Bertz CT molecular complexity index is 675. The highest BCUT2D eigenvalue weighted by atomic mass is 16.5. The highest BCUT2D eigenvalue weighted by molar-refractivity contribution is 5.97. The summed E-state index contributed by atoms with van der Waals surface area (Å²) in [5.74, 6) is 0.424. The number of ether oxygens (including phenoxy) is 2. The standard InChI is InChI=1S/C18H23N3O3/c1-18(2,17(22)23-3)11-24-14-7-4-12(5-8-14)15-9-6-13(10-21-15)16(19)20/h4-10,15,21H,11H2,1-3H3,(H3,19,20). The van der Waals surface area contributed by atoms with E-state index in [1.165, 1.54) is 7.11 Å². The normalized spacial score (nSPS) is 16.8. The van der Waals surface area contributed by atoms with Gasteiger partial charge in [0.2, 0.25) is 0 Å². The molecule has 0 spiro atoms. The molecule has 0 amide bonds. The number of benzene rings is 1. The molecule has 1 unspecified atom stereocenters. The fourth-order valence-electron chi connectivity index (χ4n) is 2.23. The van der Waals surface area contributed by atoms with E-state index in [0.29, 0.717) is 11.3 Å². The van der Waals surface area contributed by atoms with E-state index in [1.54, 1.807) is 20.0 Å². The summed E-state index contributed by atoms with van der Waals surface area (Å²) in [4.78, 5) is 11.6. The second-order valence-electron chi connectivity index (χ2n) is 6.25. The zero-order valence-electron chi connectivity index (χ0n) is 14.1. The quantitative estimate of drug-likeness (QED) is 0.423. The Morgan fingerprint density at radius 1 is 1.33 bits per heavy atom. The van der Waals surface area contributed by atoms with Crippen molar-refractivity contribution in [2.24, 2.45) is 11.1 Å². The first-order valence-corrected chi connectivity index (χ1v) is 7.63. The van der Waals surface area contributed by atoms with Crippen LogP contribution in [-0.2, 0) is 9.53 Å². The molecule has 0 radical (unpaired) electrons. The maximum atomic E-state index is 11.6. The largest absolute Gasteiger partial charge is 0.492 e. The first kappa shape index (κ1) is 17.6. The highest BCUT2D eigenvalue weighted by Gasteiger charge is 2.29. The summed E-state index contributed by atoms with van der Waals surface area (Å²) in [6.45, 7) is 3.80. The second-order valence-corrected chi connectivity index (χ2v) is 6.25. The van der Waals surface area contributed by atoms with Crippen molar-refractivity contribution >= 4 is 11.8 Å². The number of hydrogen-bond donors (Lipinski definition) is 3. The van der Waals surface area contributed by atoms with Crippen LogP contribution in [0.5, 0.6) is 5.75 Å². The van der Waals surface area contributed by atoms with Crippen LogP contribution in [0.25, 0.3) is 0 Å². The predicted molar refractivity (Wildman–Crippen MR) is 92.7 cm³/mol. The van der Waals surface area contributed by atoms with Crippen molar-refractivity contribution in [3.05, 3.63) is 53.8 Å². The third-order valence-corrected chi connectivity index (χ3v) is 3.77. The average molecular weight is 329 g/mol.